The molecule has 20 heavy (non-hydrogen) atoms. The molecule has 0 aliphatic rings. The molecule has 5 nitrogen and oxygen atoms in total. The minimum Gasteiger partial charge on any atom is -0.355 e. The molecule has 112 valence electrons. The molecule has 1 aromatic carbocycles. The van der Waals surface area contributed by atoms with E-state index < -0.39 is 5.54 Å². The zero-order valence-corrected chi connectivity index (χ0v) is 12.8. The Morgan fingerprint density at radius 3 is 2.50 bits per heavy atom. The molecular formula is C14H22ClN3O2. The molecule has 0 radical (unpaired) electrons. The smallest absolute Gasteiger partial charge is 0.251 e. The Kier molecular flexibility index (Phi) is 7.24. The predicted octanol–water partition coefficient (Wildman–Crippen LogP) is 0.864. The van der Waals surface area contributed by atoms with Crippen LogP contribution in [0.25, 0.3) is 0 Å². The zero-order chi connectivity index (χ0) is 14.5. The number of halogens is 1. The van der Waals surface area contributed by atoms with Crippen LogP contribution in [0.4, 0.5) is 0 Å². The maximum Gasteiger partial charge on any atom is 0.251 e. The molecule has 0 aliphatic carbocycles. The summed E-state index contributed by atoms with van der Waals surface area (Å²) in [7, 11) is 1.60. The number of nitrogens with one attached hydrogen (secondary N) is 2. The van der Waals surface area contributed by atoms with Crippen LogP contribution in [0.2, 0.25) is 0 Å². The Bertz CT molecular complexity index is 470. The van der Waals surface area contributed by atoms with Crippen molar-refractivity contribution in [3.63, 3.8) is 0 Å². The zero-order valence-electron chi connectivity index (χ0n) is 12.0. The first-order chi connectivity index (χ1) is 8.84. The number of carbonyl (C=O) groups excluding carboxylic acids is 2. The summed E-state index contributed by atoms with van der Waals surface area (Å²) in [6, 6.07) is 7.32. The minimum absolute atomic E-state index is 0. The molecule has 0 heterocycles. The van der Waals surface area contributed by atoms with Gasteiger partial charge in [0.05, 0.1) is 5.54 Å². The van der Waals surface area contributed by atoms with E-state index in [9.17, 15) is 9.59 Å². The van der Waals surface area contributed by atoms with Gasteiger partial charge in [-0.25, -0.2) is 0 Å². The van der Waals surface area contributed by atoms with Crippen LogP contribution >= 0.6 is 12.4 Å². The van der Waals surface area contributed by atoms with Crippen LogP contribution in [-0.4, -0.2) is 30.9 Å². The molecule has 0 spiro atoms. The number of carbonyl (C=O) groups is 2. The lowest BCUT2D eigenvalue weighted by atomic mass is 10.1. The van der Waals surface area contributed by atoms with Crippen molar-refractivity contribution < 1.29 is 9.59 Å². The van der Waals surface area contributed by atoms with Gasteiger partial charge in [-0.3, -0.25) is 9.59 Å². The van der Waals surface area contributed by atoms with Crippen LogP contribution in [0.15, 0.2) is 24.3 Å². The average Bonchev–Trinajstić information content (AvgIpc) is 2.37. The molecule has 0 fully saturated rings. The molecule has 0 atom stereocenters. The van der Waals surface area contributed by atoms with E-state index in [0.717, 1.165) is 5.56 Å². The first-order valence-corrected chi connectivity index (χ1v) is 6.23. The highest BCUT2D eigenvalue weighted by molar-refractivity contribution is 5.94. The Hall–Kier alpha value is -1.59. The van der Waals surface area contributed by atoms with E-state index in [1.807, 2.05) is 18.2 Å². The summed E-state index contributed by atoms with van der Waals surface area (Å²) in [6.07, 6.45) is 0.659. The number of nitrogens with two attached hydrogens (primary N) is 1. The second-order valence-corrected chi connectivity index (χ2v) is 5.01. The van der Waals surface area contributed by atoms with Gasteiger partial charge in [0.15, 0.2) is 0 Å². The van der Waals surface area contributed by atoms with Gasteiger partial charge in [0.2, 0.25) is 5.91 Å². The van der Waals surface area contributed by atoms with Gasteiger partial charge in [0, 0.05) is 19.2 Å². The van der Waals surface area contributed by atoms with Gasteiger partial charge in [-0.05, 0) is 38.0 Å². The molecular weight excluding hydrogens is 278 g/mol. The fraction of sp³-hybridized carbons (Fsp3) is 0.429. The molecule has 1 rings (SSSR count). The van der Waals surface area contributed by atoms with Crippen LogP contribution in [0.5, 0.6) is 0 Å². The first kappa shape index (κ1) is 18.4. The second-order valence-electron chi connectivity index (χ2n) is 5.01. The van der Waals surface area contributed by atoms with Gasteiger partial charge in [-0.15, -0.1) is 12.4 Å². The van der Waals surface area contributed by atoms with Gasteiger partial charge >= 0.3 is 0 Å². The molecule has 1 aromatic rings. The van der Waals surface area contributed by atoms with Gasteiger partial charge in [0.1, 0.15) is 0 Å². The van der Waals surface area contributed by atoms with E-state index in [1.165, 1.54) is 0 Å². The van der Waals surface area contributed by atoms with E-state index in [1.54, 1.807) is 27.0 Å². The molecule has 2 amide bonds. The molecule has 0 saturated heterocycles. The lowest BCUT2D eigenvalue weighted by molar-refractivity contribution is -0.125. The SMILES string of the molecule is CNC(=O)c1cccc(CCNC(=O)C(C)(C)N)c1.Cl. The van der Waals surface area contributed by atoms with E-state index in [-0.39, 0.29) is 24.2 Å². The topological polar surface area (TPSA) is 84.2 Å². The van der Waals surface area contributed by atoms with Crippen molar-refractivity contribution in [3.05, 3.63) is 35.4 Å². The minimum atomic E-state index is -0.871. The average molecular weight is 300 g/mol. The Labute approximate surface area is 125 Å². The van der Waals surface area contributed by atoms with E-state index in [2.05, 4.69) is 10.6 Å². The normalized spacial score (nSPS) is 10.4. The molecule has 4 N–H and O–H groups in total. The van der Waals surface area contributed by atoms with E-state index in [4.69, 9.17) is 5.73 Å². The summed E-state index contributed by atoms with van der Waals surface area (Å²) in [5.74, 6) is -0.302. The highest BCUT2D eigenvalue weighted by atomic mass is 35.5. The van der Waals surface area contributed by atoms with Crippen molar-refractivity contribution in [2.45, 2.75) is 25.8 Å². The van der Waals surface area contributed by atoms with E-state index >= 15 is 0 Å². The Balaban J connectivity index is 0.00000361. The summed E-state index contributed by atoms with van der Waals surface area (Å²) in [6.45, 7) is 3.82. The lowest BCUT2D eigenvalue weighted by Gasteiger charge is -2.17. The third-order valence-electron chi connectivity index (χ3n) is 2.70. The Morgan fingerprint density at radius 1 is 1.30 bits per heavy atom. The van der Waals surface area contributed by atoms with Crippen molar-refractivity contribution in [1.29, 1.82) is 0 Å². The summed E-state index contributed by atoms with van der Waals surface area (Å²) in [5.41, 5.74) is 6.42. The quantitative estimate of drug-likeness (QED) is 0.754. The van der Waals surface area contributed by atoms with Gasteiger partial charge in [-0.1, -0.05) is 12.1 Å². The van der Waals surface area contributed by atoms with Gasteiger partial charge in [-0.2, -0.15) is 0 Å². The second kappa shape index (κ2) is 7.87. The third kappa shape index (κ3) is 5.59. The number of hydrogen-bond donors (Lipinski definition) is 3. The summed E-state index contributed by atoms with van der Waals surface area (Å²) >= 11 is 0. The maximum atomic E-state index is 11.6. The van der Waals surface area contributed by atoms with Crippen LogP contribution in [0.3, 0.4) is 0 Å². The molecule has 0 bridgehead atoms. The highest BCUT2D eigenvalue weighted by Crippen LogP contribution is 2.06. The van der Waals surface area contributed by atoms with Crippen LogP contribution < -0.4 is 16.4 Å². The van der Waals surface area contributed by atoms with Crippen molar-refractivity contribution >= 4 is 24.2 Å². The Morgan fingerprint density at radius 2 is 1.95 bits per heavy atom. The first-order valence-electron chi connectivity index (χ1n) is 6.23. The molecule has 0 aromatic heterocycles. The standard InChI is InChI=1S/C14H21N3O2.ClH/c1-14(2,15)13(19)17-8-7-10-5-4-6-11(9-10)12(18)16-3;/h4-6,9H,7-8,15H2,1-3H3,(H,16,18)(H,17,19);1H. The fourth-order valence-corrected chi connectivity index (χ4v) is 1.56. The number of rotatable bonds is 5. The summed E-state index contributed by atoms with van der Waals surface area (Å²) in [4.78, 5) is 23.1. The summed E-state index contributed by atoms with van der Waals surface area (Å²) < 4.78 is 0. The van der Waals surface area contributed by atoms with Gasteiger partial charge in [0.25, 0.3) is 5.91 Å². The molecule has 0 saturated carbocycles. The molecule has 6 heteroatoms. The predicted molar refractivity (Wildman–Crippen MR) is 82.1 cm³/mol. The van der Waals surface area contributed by atoms with Crippen LogP contribution in [0.1, 0.15) is 29.8 Å². The van der Waals surface area contributed by atoms with Crippen molar-refractivity contribution in [2.24, 2.45) is 5.73 Å². The van der Waals surface area contributed by atoms with Crippen molar-refractivity contribution in [1.82, 2.24) is 10.6 Å². The fourth-order valence-electron chi connectivity index (χ4n) is 1.56. The third-order valence-corrected chi connectivity index (χ3v) is 2.70. The van der Waals surface area contributed by atoms with Gasteiger partial charge < -0.3 is 16.4 Å². The van der Waals surface area contributed by atoms with E-state index in [0.29, 0.717) is 18.5 Å². The number of benzene rings is 1. The summed E-state index contributed by atoms with van der Waals surface area (Å²) in [5, 5.41) is 5.35. The van der Waals surface area contributed by atoms with Crippen molar-refractivity contribution in [2.75, 3.05) is 13.6 Å². The largest absolute Gasteiger partial charge is 0.355 e. The molecule has 0 aliphatic heterocycles. The monoisotopic (exact) mass is 299 g/mol. The highest BCUT2D eigenvalue weighted by Gasteiger charge is 2.20. The number of hydrogen-bond acceptors (Lipinski definition) is 3. The van der Waals surface area contributed by atoms with Crippen LogP contribution in [-0.2, 0) is 11.2 Å². The number of amides is 2. The lowest BCUT2D eigenvalue weighted by Crippen LogP contribution is -2.49. The van der Waals surface area contributed by atoms with Crippen LogP contribution in [0, 0.1) is 0 Å². The maximum absolute atomic E-state index is 11.6. The molecule has 0 unspecified atom stereocenters. The van der Waals surface area contributed by atoms with Crippen molar-refractivity contribution in [3.8, 4) is 0 Å².